The normalized spacial score (nSPS) is 24.7. The molecule has 0 saturated heterocycles. The maximum absolute atomic E-state index is 13.1. The third-order valence-corrected chi connectivity index (χ3v) is 6.14. The highest BCUT2D eigenvalue weighted by Gasteiger charge is 2.51. The lowest BCUT2D eigenvalue weighted by molar-refractivity contribution is -0.153. The van der Waals surface area contributed by atoms with Crippen LogP contribution in [0.1, 0.15) is 74.8 Å². The third kappa shape index (κ3) is 2.50. The highest BCUT2D eigenvalue weighted by Crippen LogP contribution is 2.52. The van der Waals surface area contributed by atoms with Crippen LogP contribution < -0.4 is 0 Å². The molecule has 2 aromatic carbocycles. The van der Waals surface area contributed by atoms with Gasteiger partial charge < -0.3 is 25.2 Å². The van der Waals surface area contributed by atoms with E-state index in [-0.39, 0.29) is 46.2 Å². The molecule has 0 aliphatic heterocycles. The van der Waals surface area contributed by atoms with Gasteiger partial charge in [0.25, 0.3) is 0 Å². The van der Waals surface area contributed by atoms with Gasteiger partial charge in [-0.2, -0.15) is 0 Å². The Morgan fingerprint density at radius 3 is 2.50 bits per heavy atom. The highest BCUT2D eigenvalue weighted by molar-refractivity contribution is 6.30. The maximum atomic E-state index is 13.1. The van der Waals surface area contributed by atoms with Gasteiger partial charge in [-0.3, -0.25) is 14.4 Å². The molecule has 2 aromatic rings. The predicted molar refractivity (Wildman–Crippen MR) is 103 cm³/mol. The first kappa shape index (κ1) is 20.1. The van der Waals surface area contributed by atoms with E-state index < -0.39 is 46.7 Å². The first-order chi connectivity index (χ1) is 14.2. The van der Waals surface area contributed by atoms with Crippen LogP contribution in [-0.4, -0.2) is 50.7 Å². The zero-order chi connectivity index (χ0) is 22.0. The number of carbonyl (C=O) groups is 3. The molecule has 0 fully saturated rings. The van der Waals surface area contributed by atoms with Crippen LogP contribution in [0.2, 0.25) is 0 Å². The Bertz CT molecular complexity index is 1120. The lowest BCUT2D eigenvalue weighted by Gasteiger charge is -2.42. The van der Waals surface area contributed by atoms with Crippen LogP contribution in [0.5, 0.6) is 11.5 Å². The molecular weight excluding hydrogens is 392 g/mol. The summed E-state index contributed by atoms with van der Waals surface area (Å²) in [5.74, 6) is -4.50. The molecule has 3 atom stereocenters. The molecule has 0 amide bonds. The number of benzene rings is 2. The molecule has 0 unspecified atom stereocenters. The molecule has 0 aromatic heterocycles. The zero-order valence-electron chi connectivity index (χ0n) is 16.3. The van der Waals surface area contributed by atoms with Gasteiger partial charge in [-0.15, -0.1) is 0 Å². The molecule has 4 rings (SSSR count). The van der Waals surface area contributed by atoms with Crippen molar-refractivity contribution in [2.24, 2.45) is 0 Å². The number of aliphatic hydroxyl groups is 2. The summed E-state index contributed by atoms with van der Waals surface area (Å²) in [6.45, 7) is 1.64. The number of ketones is 2. The lowest BCUT2D eigenvalue weighted by Crippen LogP contribution is -2.46. The molecule has 30 heavy (non-hydrogen) atoms. The van der Waals surface area contributed by atoms with Crippen molar-refractivity contribution < 1.29 is 39.5 Å². The average Bonchev–Trinajstić information content (AvgIpc) is 2.70. The molecule has 0 radical (unpaired) electrons. The molecule has 2 aliphatic rings. The number of carbonyl (C=O) groups excluding carboxylic acids is 3. The average molecular weight is 412 g/mol. The summed E-state index contributed by atoms with van der Waals surface area (Å²) in [6.07, 6.45) is -1.55. The summed E-state index contributed by atoms with van der Waals surface area (Å²) >= 11 is 0. The number of methoxy groups -OCH3 is 1. The molecule has 0 bridgehead atoms. The van der Waals surface area contributed by atoms with Crippen molar-refractivity contribution >= 4 is 17.5 Å². The fourth-order valence-electron chi connectivity index (χ4n) is 4.60. The van der Waals surface area contributed by atoms with Crippen LogP contribution in [-0.2, 0) is 9.53 Å². The number of rotatable bonds is 2. The third-order valence-electron chi connectivity index (χ3n) is 6.14. The van der Waals surface area contributed by atoms with Gasteiger partial charge in [0.05, 0.1) is 29.9 Å². The van der Waals surface area contributed by atoms with Crippen molar-refractivity contribution in [3.63, 3.8) is 0 Å². The minimum absolute atomic E-state index is 0.0333. The molecule has 156 valence electrons. The quantitative estimate of drug-likeness (QED) is 0.466. The van der Waals surface area contributed by atoms with E-state index >= 15 is 0 Å². The van der Waals surface area contributed by atoms with E-state index in [0.717, 1.165) is 7.11 Å². The van der Waals surface area contributed by atoms with Crippen molar-refractivity contribution in [2.45, 2.75) is 37.4 Å². The highest BCUT2D eigenvalue weighted by atomic mass is 16.5. The van der Waals surface area contributed by atoms with Crippen molar-refractivity contribution in [3.8, 4) is 11.5 Å². The summed E-state index contributed by atoms with van der Waals surface area (Å²) in [6, 6.07) is 5.30. The number of ether oxygens (including phenoxy) is 1. The number of hydrogen-bond acceptors (Lipinski definition) is 8. The number of fused-ring (bicyclic) bond motifs is 3. The summed E-state index contributed by atoms with van der Waals surface area (Å²) in [4.78, 5) is 38.7. The van der Waals surface area contributed by atoms with Crippen LogP contribution in [0.25, 0.3) is 0 Å². The molecule has 0 heterocycles. The number of phenols is 2. The van der Waals surface area contributed by atoms with Gasteiger partial charge in [-0.1, -0.05) is 19.1 Å². The second-order valence-corrected chi connectivity index (χ2v) is 7.64. The predicted octanol–water partition coefficient (Wildman–Crippen LogP) is 1.71. The smallest absolute Gasteiger partial charge is 0.316 e. The number of esters is 1. The van der Waals surface area contributed by atoms with E-state index in [4.69, 9.17) is 4.74 Å². The zero-order valence-corrected chi connectivity index (χ0v) is 16.3. The largest absolute Gasteiger partial charge is 0.507 e. The van der Waals surface area contributed by atoms with E-state index in [1.165, 1.54) is 24.3 Å². The van der Waals surface area contributed by atoms with Crippen molar-refractivity contribution in [1.82, 2.24) is 0 Å². The molecule has 0 saturated carbocycles. The Labute approximate surface area is 171 Å². The molecule has 0 spiro atoms. The van der Waals surface area contributed by atoms with Gasteiger partial charge in [0.2, 0.25) is 5.78 Å². The summed E-state index contributed by atoms with van der Waals surface area (Å²) in [5.41, 5.74) is -2.53. The first-order valence-corrected chi connectivity index (χ1v) is 9.45. The minimum atomic E-state index is -1.67. The first-order valence-electron chi connectivity index (χ1n) is 9.45. The molecular formula is C22H20O8. The van der Waals surface area contributed by atoms with Crippen LogP contribution >= 0.6 is 0 Å². The van der Waals surface area contributed by atoms with E-state index in [0.29, 0.717) is 0 Å². The fourth-order valence-corrected chi connectivity index (χ4v) is 4.60. The standard InChI is InChI=1S/C22H20O8/c1-3-22(29)8-13(24)15-10(17(22)21(28)30-2)7-11-16(20(15)27)19(26)14-9(18(11)25)5-4-6-12(14)23/h4-7,13,17,23-24,27,29H,3,8H2,1-2H3/t13-,17-,22+/m1/s1. The number of aromatic hydroxyl groups is 2. The summed E-state index contributed by atoms with van der Waals surface area (Å²) < 4.78 is 4.84. The molecule has 2 aliphatic carbocycles. The van der Waals surface area contributed by atoms with Crippen LogP contribution in [0.15, 0.2) is 24.3 Å². The van der Waals surface area contributed by atoms with E-state index in [9.17, 15) is 34.8 Å². The topological polar surface area (TPSA) is 141 Å². The number of hydrogen-bond donors (Lipinski definition) is 4. The lowest BCUT2D eigenvalue weighted by atomic mass is 9.67. The molecule has 8 heteroatoms. The Morgan fingerprint density at radius 2 is 1.87 bits per heavy atom. The van der Waals surface area contributed by atoms with E-state index in [1.54, 1.807) is 6.92 Å². The van der Waals surface area contributed by atoms with Gasteiger partial charge in [0.15, 0.2) is 5.78 Å². The van der Waals surface area contributed by atoms with Crippen molar-refractivity contribution in [1.29, 1.82) is 0 Å². The van der Waals surface area contributed by atoms with Crippen molar-refractivity contribution in [3.05, 3.63) is 57.6 Å². The summed E-state index contributed by atoms with van der Waals surface area (Å²) in [7, 11) is 1.15. The van der Waals surface area contributed by atoms with Gasteiger partial charge in [-0.25, -0.2) is 0 Å². The minimum Gasteiger partial charge on any atom is -0.507 e. The maximum Gasteiger partial charge on any atom is 0.316 e. The van der Waals surface area contributed by atoms with Crippen molar-refractivity contribution in [2.75, 3.05) is 7.11 Å². The van der Waals surface area contributed by atoms with Gasteiger partial charge >= 0.3 is 5.97 Å². The SMILES string of the molecule is CC[C@]1(O)C[C@@H](O)c2c(cc3c(c2O)C(=O)c2c(O)cccc2C3=O)[C@@H]1C(=O)OC. The Kier molecular flexibility index (Phi) is 4.44. The number of aliphatic hydroxyl groups excluding tert-OH is 1. The van der Waals surface area contributed by atoms with Gasteiger partial charge in [0, 0.05) is 23.1 Å². The fraction of sp³-hybridized carbons (Fsp3) is 0.318. The second kappa shape index (κ2) is 6.65. The van der Waals surface area contributed by atoms with Crippen LogP contribution in [0.3, 0.4) is 0 Å². The van der Waals surface area contributed by atoms with E-state index in [1.807, 2.05) is 0 Å². The summed E-state index contributed by atoms with van der Waals surface area (Å²) in [5, 5.41) is 42.7. The van der Waals surface area contributed by atoms with Gasteiger partial charge in [0.1, 0.15) is 17.4 Å². The number of phenolic OH excluding ortho intramolecular Hbond substituents is 2. The van der Waals surface area contributed by atoms with Crippen LogP contribution in [0.4, 0.5) is 0 Å². The second-order valence-electron chi connectivity index (χ2n) is 7.64. The van der Waals surface area contributed by atoms with E-state index in [2.05, 4.69) is 0 Å². The Hall–Kier alpha value is -3.23. The van der Waals surface area contributed by atoms with Crippen LogP contribution in [0, 0.1) is 0 Å². The Morgan fingerprint density at radius 1 is 1.17 bits per heavy atom. The Balaban J connectivity index is 2.05. The molecule has 4 N–H and O–H groups in total. The monoisotopic (exact) mass is 412 g/mol. The molecule has 8 nitrogen and oxygen atoms in total. The van der Waals surface area contributed by atoms with Gasteiger partial charge in [-0.05, 0) is 24.1 Å².